The van der Waals surface area contributed by atoms with Crippen molar-refractivity contribution in [3.8, 4) is 6.07 Å². The van der Waals surface area contributed by atoms with Crippen LogP contribution in [0.1, 0.15) is 49.0 Å². The van der Waals surface area contributed by atoms with E-state index >= 15 is 0 Å². The van der Waals surface area contributed by atoms with Crippen LogP contribution >= 0.6 is 0 Å². The van der Waals surface area contributed by atoms with Crippen molar-refractivity contribution in [3.05, 3.63) is 35.2 Å². The molecule has 3 heterocycles. The Bertz CT molecular complexity index is 989. The van der Waals surface area contributed by atoms with E-state index in [9.17, 15) is 5.26 Å². The number of nitrogens with zero attached hydrogens (tertiary/aromatic N) is 5. The molecular formula is C19H22N6. The minimum atomic E-state index is -0.114. The van der Waals surface area contributed by atoms with Gasteiger partial charge in [-0.25, -0.2) is 9.97 Å². The molecule has 0 radical (unpaired) electrons. The molecule has 25 heavy (non-hydrogen) atoms. The van der Waals surface area contributed by atoms with E-state index in [0.29, 0.717) is 5.69 Å². The Morgan fingerprint density at radius 2 is 1.96 bits per heavy atom. The number of hydrogen-bond acceptors (Lipinski definition) is 5. The number of piperidine rings is 1. The third-order valence-electron chi connectivity index (χ3n) is 4.90. The van der Waals surface area contributed by atoms with E-state index < -0.39 is 0 Å². The first kappa shape index (κ1) is 15.9. The number of rotatable bonds is 2. The maximum absolute atomic E-state index is 9.33. The third-order valence-corrected chi connectivity index (χ3v) is 4.90. The molecule has 1 unspecified atom stereocenters. The van der Waals surface area contributed by atoms with Crippen molar-refractivity contribution in [1.82, 2.24) is 14.4 Å². The minimum Gasteiger partial charge on any atom is -0.342 e. The van der Waals surface area contributed by atoms with E-state index in [1.807, 2.05) is 11.3 Å². The van der Waals surface area contributed by atoms with Crippen LogP contribution in [0, 0.1) is 18.3 Å². The van der Waals surface area contributed by atoms with Crippen molar-refractivity contribution in [2.75, 3.05) is 18.0 Å². The van der Waals surface area contributed by atoms with Crippen LogP contribution in [0.5, 0.6) is 0 Å². The normalized spacial score (nSPS) is 16.3. The summed E-state index contributed by atoms with van der Waals surface area (Å²) in [6, 6.07) is 6.23. The summed E-state index contributed by atoms with van der Waals surface area (Å²) in [5, 5.41) is 10.3. The summed E-state index contributed by atoms with van der Waals surface area (Å²) >= 11 is 0. The van der Waals surface area contributed by atoms with Crippen molar-refractivity contribution in [1.29, 1.82) is 5.26 Å². The van der Waals surface area contributed by atoms with Crippen molar-refractivity contribution in [2.45, 2.75) is 39.2 Å². The molecule has 2 N–H and O–H groups in total. The highest BCUT2D eigenvalue weighted by molar-refractivity contribution is 5.95. The summed E-state index contributed by atoms with van der Waals surface area (Å²) < 4.78 is 1.97. The van der Waals surface area contributed by atoms with Crippen LogP contribution in [0.3, 0.4) is 0 Å². The Kier molecular flexibility index (Phi) is 3.81. The van der Waals surface area contributed by atoms with Gasteiger partial charge in [-0.3, -0.25) is 4.40 Å². The van der Waals surface area contributed by atoms with E-state index in [2.05, 4.69) is 35.0 Å². The summed E-state index contributed by atoms with van der Waals surface area (Å²) in [6.07, 6.45) is 5.37. The molecule has 6 nitrogen and oxygen atoms in total. The Labute approximate surface area is 146 Å². The highest BCUT2D eigenvalue weighted by Crippen LogP contribution is 2.30. The largest absolute Gasteiger partial charge is 0.342 e. The molecule has 0 aliphatic carbocycles. The fourth-order valence-corrected chi connectivity index (χ4v) is 3.70. The molecule has 2 aromatic heterocycles. The van der Waals surface area contributed by atoms with Gasteiger partial charge in [0.25, 0.3) is 0 Å². The van der Waals surface area contributed by atoms with Crippen LogP contribution in [-0.4, -0.2) is 27.5 Å². The minimum absolute atomic E-state index is 0.114. The topological polar surface area (TPSA) is 83.2 Å². The van der Waals surface area contributed by atoms with Crippen molar-refractivity contribution >= 4 is 22.5 Å². The summed E-state index contributed by atoms with van der Waals surface area (Å²) in [4.78, 5) is 11.8. The van der Waals surface area contributed by atoms with E-state index in [1.54, 1.807) is 6.20 Å². The van der Waals surface area contributed by atoms with Gasteiger partial charge in [-0.1, -0.05) is 6.07 Å². The number of aryl methyl sites for hydroxylation is 1. The smallest absolute Gasteiger partial charge is 0.211 e. The molecule has 128 valence electrons. The number of nitrogens with two attached hydrogens (primary N) is 1. The predicted octanol–water partition coefficient (Wildman–Crippen LogP) is 3.07. The monoisotopic (exact) mass is 334 g/mol. The Hall–Kier alpha value is -2.65. The lowest BCUT2D eigenvalue weighted by Gasteiger charge is -2.28. The molecule has 0 spiro atoms. The van der Waals surface area contributed by atoms with E-state index in [4.69, 9.17) is 10.7 Å². The van der Waals surface area contributed by atoms with Crippen molar-refractivity contribution in [3.63, 3.8) is 0 Å². The summed E-state index contributed by atoms with van der Waals surface area (Å²) in [5.41, 5.74) is 10.5. The second-order valence-corrected chi connectivity index (χ2v) is 6.93. The van der Waals surface area contributed by atoms with Gasteiger partial charge in [0.05, 0.1) is 11.7 Å². The van der Waals surface area contributed by atoms with E-state index in [1.165, 1.54) is 6.42 Å². The van der Waals surface area contributed by atoms with Crippen LogP contribution < -0.4 is 10.6 Å². The lowest BCUT2D eigenvalue weighted by molar-refractivity contribution is 0.567. The molecule has 1 atom stereocenters. The van der Waals surface area contributed by atoms with Crippen molar-refractivity contribution < 1.29 is 0 Å². The van der Waals surface area contributed by atoms with Gasteiger partial charge in [0.15, 0.2) is 11.3 Å². The third kappa shape index (κ3) is 2.61. The first-order valence-corrected chi connectivity index (χ1v) is 8.82. The number of fused-ring (bicyclic) bond motifs is 3. The maximum Gasteiger partial charge on any atom is 0.211 e. The lowest BCUT2D eigenvalue weighted by Crippen LogP contribution is -2.32. The SMILES string of the molecule is Cc1cc(C(C)N)c2nc(N3CCCCC3)n3cc(C#N)nc3c2c1. The zero-order chi connectivity index (χ0) is 17.6. The number of anilines is 1. The number of hydrogen-bond donors (Lipinski definition) is 1. The first-order valence-electron chi connectivity index (χ1n) is 8.82. The van der Waals surface area contributed by atoms with E-state index in [0.717, 1.165) is 59.6 Å². The average molecular weight is 334 g/mol. The molecule has 1 fully saturated rings. The van der Waals surface area contributed by atoms with Gasteiger partial charge < -0.3 is 10.6 Å². The van der Waals surface area contributed by atoms with Crippen LogP contribution in [-0.2, 0) is 0 Å². The highest BCUT2D eigenvalue weighted by atomic mass is 15.3. The number of aromatic nitrogens is 3. The zero-order valence-electron chi connectivity index (χ0n) is 14.7. The molecule has 4 rings (SSSR count). The van der Waals surface area contributed by atoms with Crippen LogP contribution in [0.4, 0.5) is 5.95 Å². The number of imidazole rings is 1. The molecular weight excluding hydrogens is 312 g/mol. The zero-order valence-corrected chi connectivity index (χ0v) is 14.7. The molecule has 0 amide bonds. The second-order valence-electron chi connectivity index (χ2n) is 6.93. The Morgan fingerprint density at radius 3 is 2.64 bits per heavy atom. The van der Waals surface area contributed by atoms with Gasteiger partial charge in [-0.2, -0.15) is 5.26 Å². The molecule has 0 saturated carbocycles. The van der Waals surface area contributed by atoms with Crippen molar-refractivity contribution in [2.24, 2.45) is 5.73 Å². The Morgan fingerprint density at radius 1 is 1.20 bits per heavy atom. The van der Waals surface area contributed by atoms with Crippen LogP contribution in [0.25, 0.3) is 16.6 Å². The van der Waals surface area contributed by atoms with Gasteiger partial charge >= 0.3 is 0 Å². The quantitative estimate of drug-likeness (QED) is 0.778. The second kappa shape index (κ2) is 6.01. The van der Waals surface area contributed by atoms with Crippen LogP contribution in [0.15, 0.2) is 18.3 Å². The lowest BCUT2D eigenvalue weighted by atomic mass is 10.0. The van der Waals surface area contributed by atoms with Gasteiger partial charge in [0.2, 0.25) is 5.95 Å². The molecule has 1 aliphatic rings. The summed E-state index contributed by atoms with van der Waals surface area (Å²) in [7, 11) is 0. The fourth-order valence-electron chi connectivity index (χ4n) is 3.70. The van der Waals surface area contributed by atoms with Gasteiger partial charge in [0, 0.05) is 24.5 Å². The van der Waals surface area contributed by atoms with Gasteiger partial charge in [-0.15, -0.1) is 0 Å². The van der Waals surface area contributed by atoms with E-state index in [-0.39, 0.29) is 6.04 Å². The Balaban J connectivity index is 2.09. The molecule has 1 saturated heterocycles. The highest BCUT2D eigenvalue weighted by Gasteiger charge is 2.21. The average Bonchev–Trinajstić information content (AvgIpc) is 3.06. The number of benzene rings is 1. The molecule has 6 heteroatoms. The first-order chi connectivity index (χ1) is 12.1. The number of nitriles is 1. The fraction of sp³-hybridized carbons (Fsp3) is 0.421. The van der Waals surface area contributed by atoms with Gasteiger partial charge in [-0.05, 0) is 50.3 Å². The molecule has 1 aromatic carbocycles. The molecule has 1 aliphatic heterocycles. The standard InChI is InChI=1S/C19H22N6/c1-12-8-15(13(2)21)17-16(9-12)18-22-14(10-20)11-25(18)19(23-17)24-6-4-3-5-7-24/h8-9,11,13H,3-7,21H2,1-2H3. The molecule has 0 bridgehead atoms. The summed E-state index contributed by atoms with van der Waals surface area (Å²) in [5.74, 6) is 0.863. The molecule has 3 aromatic rings. The predicted molar refractivity (Wildman–Crippen MR) is 98.6 cm³/mol. The van der Waals surface area contributed by atoms with Crippen LogP contribution in [0.2, 0.25) is 0 Å². The maximum atomic E-state index is 9.33. The van der Waals surface area contributed by atoms with Gasteiger partial charge in [0.1, 0.15) is 6.07 Å². The summed E-state index contributed by atoms with van der Waals surface area (Å²) in [6.45, 7) is 5.99.